The number of hydrogen-bond donors (Lipinski definition) is 2. The zero-order valence-electron chi connectivity index (χ0n) is 13.3. The van der Waals surface area contributed by atoms with Crippen LogP contribution < -0.4 is 15.8 Å². The molecule has 1 atom stereocenters. The Balaban J connectivity index is 2.22. The molecule has 120 valence electrons. The molecule has 1 aromatic carbocycles. The Morgan fingerprint density at radius 2 is 2.14 bits per heavy atom. The third-order valence-electron chi connectivity index (χ3n) is 4.28. The monoisotopic (exact) mass is 305 g/mol. The zero-order valence-corrected chi connectivity index (χ0v) is 13.3. The molecule has 6 nitrogen and oxygen atoms in total. The molecule has 1 aliphatic heterocycles. The third-order valence-corrected chi connectivity index (χ3v) is 4.28. The predicted octanol–water partition coefficient (Wildman–Crippen LogP) is 0.488. The first-order chi connectivity index (χ1) is 10.4. The summed E-state index contributed by atoms with van der Waals surface area (Å²) in [6, 6.07) is 3.45. The van der Waals surface area contributed by atoms with Crippen LogP contribution in [0.2, 0.25) is 0 Å². The van der Waals surface area contributed by atoms with Crippen LogP contribution >= 0.6 is 0 Å². The molecule has 0 spiro atoms. The van der Waals surface area contributed by atoms with E-state index in [0.717, 1.165) is 22.4 Å². The van der Waals surface area contributed by atoms with Crippen LogP contribution in [-0.4, -0.2) is 43.0 Å². The van der Waals surface area contributed by atoms with Crippen molar-refractivity contribution >= 4 is 11.8 Å². The first-order valence-electron chi connectivity index (χ1n) is 7.37. The molecule has 1 saturated heterocycles. The molecule has 0 bridgehead atoms. The number of carbonyl (C=O) groups is 2. The van der Waals surface area contributed by atoms with Crippen molar-refractivity contribution in [1.82, 2.24) is 10.2 Å². The van der Waals surface area contributed by atoms with Gasteiger partial charge in [0.05, 0.1) is 19.6 Å². The quantitative estimate of drug-likeness (QED) is 0.829. The minimum absolute atomic E-state index is 0.0417. The molecule has 1 fully saturated rings. The summed E-state index contributed by atoms with van der Waals surface area (Å²) in [6.45, 7) is 5.96. The Morgan fingerprint density at radius 1 is 1.41 bits per heavy atom. The predicted molar refractivity (Wildman–Crippen MR) is 83.5 cm³/mol. The van der Waals surface area contributed by atoms with E-state index in [1.807, 2.05) is 30.9 Å². The van der Waals surface area contributed by atoms with Crippen molar-refractivity contribution in [2.75, 3.05) is 20.2 Å². The van der Waals surface area contributed by atoms with Gasteiger partial charge in [0.25, 0.3) is 0 Å². The number of primary amides is 1. The summed E-state index contributed by atoms with van der Waals surface area (Å²) >= 11 is 0. The third kappa shape index (κ3) is 3.39. The van der Waals surface area contributed by atoms with Crippen LogP contribution in [0.1, 0.15) is 23.1 Å². The summed E-state index contributed by atoms with van der Waals surface area (Å²) in [5.74, 6) is 0.258. The van der Waals surface area contributed by atoms with Gasteiger partial charge in [0.2, 0.25) is 11.8 Å². The number of methoxy groups -OCH3 is 1. The van der Waals surface area contributed by atoms with E-state index in [4.69, 9.17) is 10.5 Å². The first-order valence-corrected chi connectivity index (χ1v) is 7.37. The van der Waals surface area contributed by atoms with Gasteiger partial charge in [-0.15, -0.1) is 0 Å². The second-order valence-corrected chi connectivity index (χ2v) is 5.62. The molecular weight excluding hydrogens is 282 g/mol. The SMILES string of the molecule is COc1ccc(CN2CCNC(=O)[C@@H]2CC(N)=O)c(C)c1C. The Hall–Kier alpha value is -2.08. The number of rotatable bonds is 5. The first kappa shape index (κ1) is 16.3. The average Bonchev–Trinajstić information content (AvgIpc) is 2.47. The molecule has 1 aliphatic rings. The lowest BCUT2D eigenvalue weighted by Crippen LogP contribution is -2.55. The van der Waals surface area contributed by atoms with Crippen molar-refractivity contribution in [3.8, 4) is 5.75 Å². The summed E-state index contributed by atoms with van der Waals surface area (Å²) in [6.07, 6.45) is 0.0417. The normalized spacial score (nSPS) is 18.9. The van der Waals surface area contributed by atoms with Crippen molar-refractivity contribution in [3.05, 3.63) is 28.8 Å². The molecule has 0 aliphatic carbocycles. The number of amides is 2. The molecule has 0 saturated carbocycles. The Kier molecular flexibility index (Phi) is 5.03. The maximum atomic E-state index is 12.0. The number of hydrogen-bond acceptors (Lipinski definition) is 4. The highest BCUT2D eigenvalue weighted by Gasteiger charge is 2.31. The largest absolute Gasteiger partial charge is 0.496 e. The standard InChI is InChI=1S/C16H23N3O3/c1-10-11(2)14(22-3)5-4-12(10)9-19-7-6-18-16(21)13(19)8-15(17)20/h4-5,13H,6-9H2,1-3H3,(H2,17,20)(H,18,21)/t13-/m0/s1. The van der Waals surface area contributed by atoms with Crippen LogP contribution in [-0.2, 0) is 16.1 Å². The van der Waals surface area contributed by atoms with E-state index >= 15 is 0 Å². The van der Waals surface area contributed by atoms with Gasteiger partial charge >= 0.3 is 0 Å². The molecule has 2 amide bonds. The second kappa shape index (κ2) is 6.79. The molecule has 0 radical (unpaired) electrons. The minimum Gasteiger partial charge on any atom is -0.496 e. The van der Waals surface area contributed by atoms with Crippen molar-refractivity contribution < 1.29 is 14.3 Å². The van der Waals surface area contributed by atoms with Crippen molar-refractivity contribution in [1.29, 1.82) is 0 Å². The van der Waals surface area contributed by atoms with E-state index in [1.54, 1.807) is 7.11 Å². The van der Waals surface area contributed by atoms with Gasteiger partial charge in [-0.2, -0.15) is 0 Å². The topological polar surface area (TPSA) is 84.7 Å². The van der Waals surface area contributed by atoms with E-state index in [0.29, 0.717) is 19.6 Å². The maximum absolute atomic E-state index is 12.0. The maximum Gasteiger partial charge on any atom is 0.237 e. The molecule has 0 unspecified atom stereocenters. The number of ether oxygens (including phenoxy) is 1. The van der Waals surface area contributed by atoms with Gasteiger partial charge in [0, 0.05) is 19.6 Å². The van der Waals surface area contributed by atoms with Gasteiger partial charge in [0.1, 0.15) is 5.75 Å². The van der Waals surface area contributed by atoms with Crippen LogP contribution in [0, 0.1) is 13.8 Å². The van der Waals surface area contributed by atoms with Crippen molar-refractivity contribution in [2.24, 2.45) is 5.73 Å². The van der Waals surface area contributed by atoms with Crippen molar-refractivity contribution in [2.45, 2.75) is 32.9 Å². The fourth-order valence-electron chi connectivity index (χ4n) is 2.83. The van der Waals surface area contributed by atoms with Crippen LogP contribution in [0.25, 0.3) is 0 Å². The van der Waals surface area contributed by atoms with Crippen LogP contribution in [0.5, 0.6) is 5.75 Å². The fourth-order valence-corrected chi connectivity index (χ4v) is 2.83. The Labute approximate surface area is 130 Å². The number of nitrogens with zero attached hydrogens (tertiary/aromatic N) is 1. The number of benzene rings is 1. The molecule has 0 aromatic heterocycles. The van der Waals surface area contributed by atoms with Gasteiger partial charge < -0.3 is 15.8 Å². The number of piperazine rings is 1. The van der Waals surface area contributed by atoms with Gasteiger partial charge in [-0.05, 0) is 36.6 Å². The van der Waals surface area contributed by atoms with Gasteiger partial charge in [-0.25, -0.2) is 0 Å². The van der Waals surface area contributed by atoms with Crippen LogP contribution in [0.3, 0.4) is 0 Å². The van der Waals surface area contributed by atoms with E-state index in [-0.39, 0.29) is 12.3 Å². The second-order valence-electron chi connectivity index (χ2n) is 5.62. The lowest BCUT2D eigenvalue weighted by molar-refractivity contribution is -0.133. The molecular formula is C16H23N3O3. The molecule has 22 heavy (non-hydrogen) atoms. The van der Waals surface area contributed by atoms with Crippen molar-refractivity contribution in [3.63, 3.8) is 0 Å². The summed E-state index contributed by atoms with van der Waals surface area (Å²) in [5.41, 5.74) is 8.63. The fraction of sp³-hybridized carbons (Fsp3) is 0.500. The summed E-state index contributed by atoms with van der Waals surface area (Å²) in [5, 5.41) is 2.79. The lowest BCUT2D eigenvalue weighted by Gasteiger charge is -2.35. The smallest absolute Gasteiger partial charge is 0.237 e. The number of carbonyl (C=O) groups excluding carboxylic acids is 2. The molecule has 1 heterocycles. The van der Waals surface area contributed by atoms with E-state index < -0.39 is 11.9 Å². The molecule has 6 heteroatoms. The van der Waals surface area contributed by atoms with E-state index in [2.05, 4.69) is 5.32 Å². The highest BCUT2D eigenvalue weighted by Crippen LogP contribution is 2.25. The Morgan fingerprint density at radius 3 is 2.77 bits per heavy atom. The highest BCUT2D eigenvalue weighted by atomic mass is 16.5. The van der Waals surface area contributed by atoms with E-state index in [9.17, 15) is 9.59 Å². The average molecular weight is 305 g/mol. The minimum atomic E-state index is -0.493. The van der Waals surface area contributed by atoms with E-state index in [1.165, 1.54) is 0 Å². The van der Waals surface area contributed by atoms with Gasteiger partial charge in [-0.1, -0.05) is 6.07 Å². The number of nitrogens with two attached hydrogens (primary N) is 1. The lowest BCUT2D eigenvalue weighted by atomic mass is 10.00. The summed E-state index contributed by atoms with van der Waals surface area (Å²) in [4.78, 5) is 25.2. The number of nitrogens with one attached hydrogen (secondary N) is 1. The van der Waals surface area contributed by atoms with Crippen LogP contribution in [0.15, 0.2) is 12.1 Å². The molecule has 3 N–H and O–H groups in total. The Bertz CT molecular complexity index is 586. The van der Waals surface area contributed by atoms with Gasteiger partial charge in [0.15, 0.2) is 0 Å². The molecule has 2 rings (SSSR count). The summed E-state index contributed by atoms with van der Waals surface area (Å²) in [7, 11) is 1.65. The highest BCUT2D eigenvalue weighted by molar-refractivity contribution is 5.88. The molecule has 1 aromatic rings. The zero-order chi connectivity index (χ0) is 16.3. The van der Waals surface area contributed by atoms with Crippen LogP contribution in [0.4, 0.5) is 0 Å². The van der Waals surface area contributed by atoms with Gasteiger partial charge in [-0.3, -0.25) is 14.5 Å². The summed E-state index contributed by atoms with van der Waals surface area (Å²) < 4.78 is 5.32.